The zero-order valence-electron chi connectivity index (χ0n) is 11.2. The highest BCUT2D eigenvalue weighted by atomic mass is 79.9. The summed E-state index contributed by atoms with van der Waals surface area (Å²) in [4.78, 5) is 0. The minimum absolute atomic E-state index is 0.199. The molecule has 0 unspecified atom stereocenters. The van der Waals surface area contributed by atoms with Gasteiger partial charge in [0, 0.05) is 23.2 Å². The topological polar surface area (TPSA) is 21.3 Å². The van der Waals surface area contributed by atoms with Gasteiger partial charge >= 0.3 is 0 Å². The van der Waals surface area contributed by atoms with Crippen LogP contribution in [0.2, 0.25) is 0 Å². The van der Waals surface area contributed by atoms with Crippen LogP contribution in [0.5, 0.6) is 0 Å². The summed E-state index contributed by atoms with van der Waals surface area (Å²) in [6.07, 6.45) is 0.948. The van der Waals surface area contributed by atoms with Gasteiger partial charge < -0.3 is 10.1 Å². The maximum atomic E-state index is 13.4. The number of hydrogen-bond acceptors (Lipinski definition) is 2. The molecule has 0 saturated carbocycles. The minimum Gasteiger partial charge on any atom is -0.377 e. The van der Waals surface area contributed by atoms with Crippen molar-refractivity contribution in [2.24, 2.45) is 5.41 Å². The summed E-state index contributed by atoms with van der Waals surface area (Å²) in [5.74, 6) is -0.215. The van der Waals surface area contributed by atoms with E-state index in [1.807, 2.05) is 7.05 Å². The Bertz CT molecular complexity index is 382. The molecule has 2 nitrogen and oxygen atoms in total. The number of hydrogen-bond donors (Lipinski definition) is 1. The number of rotatable bonds is 7. The van der Waals surface area contributed by atoms with Crippen LogP contribution in [0.15, 0.2) is 22.7 Å². The van der Waals surface area contributed by atoms with E-state index >= 15 is 0 Å². The van der Waals surface area contributed by atoms with E-state index in [9.17, 15) is 4.39 Å². The van der Waals surface area contributed by atoms with Gasteiger partial charge in [-0.25, -0.2) is 4.39 Å². The Labute approximate surface area is 117 Å². The molecule has 0 saturated heterocycles. The van der Waals surface area contributed by atoms with E-state index in [4.69, 9.17) is 4.74 Å². The van der Waals surface area contributed by atoms with Crippen LogP contribution in [-0.2, 0) is 11.3 Å². The van der Waals surface area contributed by atoms with Gasteiger partial charge in [0.15, 0.2) is 0 Å². The van der Waals surface area contributed by atoms with Crippen molar-refractivity contribution in [3.63, 3.8) is 0 Å². The van der Waals surface area contributed by atoms with Crippen LogP contribution in [-0.4, -0.2) is 20.2 Å². The van der Waals surface area contributed by atoms with Crippen molar-refractivity contribution in [1.29, 1.82) is 0 Å². The maximum Gasteiger partial charge on any atom is 0.128 e. The Hall–Kier alpha value is -0.450. The molecule has 0 atom stereocenters. The van der Waals surface area contributed by atoms with Crippen LogP contribution >= 0.6 is 15.9 Å². The molecule has 1 N–H and O–H groups in total. The molecule has 0 spiro atoms. The molecule has 18 heavy (non-hydrogen) atoms. The van der Waals surface area contributed by atoms with Crippen molar-refractivity contribution in [2.45, 2.75) is 26.9 Å². The lowest BCUT2D eigenvalue weighted by atomic mass is 9.90. The standard InChI is InChI=1S/C14H21BrFNO/c1-14(2,10-17-3)6-7-18-9-11-8-12(15)4-5-13(11)16/h4-5,8,17H,6-7,9-10H2,1-3H3. The molecular weight excluding hydrogens is 297 g/mol. The van der Waals surface area contributed by atoms with Crippen LogP contribution in [0.25, 0.3) is 0 Å². The molecule has 0 fully saturated rings. The molecule has 0 aliphatic rings. The summed E-state index contributed by atoms with van der Waals surface area (Å²) >= 11 is 3.33. The van der Waals surface area contributed by atoms with E-state index in [1.165, 1.54) is 6.07 Å². The fraction of sp³-hybridized carbons (Fsp3) is 0.571. The van der Waals surface area contributed by atoms with E-state index < -0.39 is 0 Å². The van der Waals surface area contributed by atoms with Gasteiger partial charge in [0.05, 0.1) is 6.61 Å². The molecule has 1 aromatic carbocycles. The molecule has 0 aromatic heterocycles. The third kappa shape index (κ3) is 5.46. The van der Waals surface area contributed by atoms with Gasteiger partial charge in [-0.3, -0.25) is 0 Å². The van der Waals surface area contributed by atoms with Crippen molar-refractivity contribution in [2.75, 3.05) is 20.2 Å². The molecule has 4 heteroatoms. The zero-order chi connectivity index (χ0) is 13.6. The fourth-order valence-corrected chi connectivity index (χ4v) is 2.16. The van der Waals surface area contributed by atoms with Crippen molar-refractivity contribution in [1.82, 2.24) is 5.32 Å². The average Bonchev–Trinajstić information content (AvgIpc) is 2.29. The molecule has 102 valence electrons. The van der Waals surface area contributed by atoms with Gasteiger partial charge in [-0.05, 0) is 37.1 Å². The quantitative estimate of drug-likeness (QED) is 0.773. The number of benzene rings is 1. The number of nitrogens with one attached hydrogen (secondary N) is 1. The van der Waals surface area contributed by atoms with Gasteiger partial charge in [-0.15, -0.1) is 0 Å². The van der Waals surface area contributed by atoms with E-state index in [0.29, 0.717) is 18.8 Å². The Morgan fingerprint density at radius 1 is 1.39 bits per heavy atom. The van der Waals surface area contributed by atoms with E-state index in [1.54, 1.807) is 12.1 Å². The lowest BCUT2D eigenvalue weighted by Crippen LogP contribution is -2.27. The summed E-state index contributed by atoms with van der Waals surface area (Å²) in [5.41, 5.74) is 0.792. The molecule has 0 radical (unpaired) electrons. The van der Waals surface area contributed by atoms with Crippen LogP contribution in [0.1, 0.15) is 25.8 Å². The Morgan fingerprint density at radius 3 is 2.78 bits per heavy atom. The lowest BCUT2D eigenvalue weighted by molar-refractivity contribution is 0.0905. The predicted molar refractivity (Wildman–Crippen MR) is 76.1 cm³/mol. The van der Waals surface area contributed by atoms with Crippen molar-refractivity contribution >= 4 is 15.9 Å². The molecular formula is C14H21BrFNO. The normalized spacial score (nSPS) is 11.8. The Balaban J connectivity index is 2.36. The number of ether oxygens (including phenoxy) is 1. The predicted octanol–water partition coefficient (Wildman–Crippen LogP) is 3.74. The molecule has 0 amide bonds. The third-order valence-corrected chi connectivity index (χ3v) is 3.34. The molecule has 0 bridgehead atoms. The van der Waals surface area contributed by atoms with E-state index in [0.717, 1.165) is 17.4 Å². The van der Waals surface area contributed by atoms with Crippen LogP contribution in [0, 0.1) is 11.2 Å². The van der Waals surface area contributed by atoms with E-state index in [2.05, 4.69) is 35.1 Å². The van der Waals surface area contributed by atoms with E-state index in [-0.39, 0.29) is 11.2 Å². The number of halogens is 2. The first-order valence-corrected chi connectivity index (χ1v) is 6.90. The summed E-state index contributed by atoms with van der Waals surface area (Å²) in [6, 6.07) is 4.90. The second-order valence-electron chi connectivity index (χ2n) is 5.23. The lowest BCUT2D eigenvalue weighted by Gasteiger charge is -2.23. The first-order chi connectivity index (χ1) is 8.44. The minimum atomic E-state index is -0.215. The fourth-order valence-electron chi connectivity index (χ4n) is 1.75. The Kier molecular flexibility index (Phi) is 6.26. The third-order valence-electron chi connectivity index (χ3n) is 2.84. The summed E-state index contributed by atoms with van der Waals surface area (Å²) < 4.78 is 19.9. The molecule has 1 aromatic rings. The van der Waals surface area contributed by atoms with Gasteiger partial charge in [0.25, 0.3) is 0 Å². The summed E-state index contributed by atoms with van der Waals surface area (Å²) in [5, 5.41) is 3.16. The monoisotopic (exact) mass is 317 g/mol. The summed E-state index contributed by atoms with van der Waals surface area (Å²) in [6.45, 7) is 6.28. The SMILES string of the molecule is CNCC(C)(C)CCOCc1cc(Br)ccc1F. The average molecular weight is 318 g/mol. The van der Waals surface area contributed by atoms with Crippen LogP contribution < -0.4 is 5.32 Å². The summed E-state index contributed by atoms with van der Waals surface area (Å²) in [7, 11) is 1.94. The molecule has 1 rings (SSSR count). The second kappa shape index (κ2) is 7.22. The largest absolute Gasteiger partial charge is 0.377 e. The second-order valence-corrected chi connectivity index (χ2v) is 6.15. The highest BCUT2D eigenvalue weighted by Crippen LogP contribution is 2.20. The van der Waals surface area contributed by atoms with Crippen LogP contribution in [0.3, 0.4) is 0 Å². The zero-order valence-corrected chi connectivity index (χ0v) is 12.8. The van der Waals surface area contributed by atoms with Crippen molar-refractivity contribution in [3.8, 4) is 0 Å². The van der Waals surface area contributed by atoms with Crippen molar-refractivity contribution in [3.05, 3.63) is 34.1 Å². The van der Waals surface area contributed by atoms with Crippen LogP contribution in [0.4, 0.5) is 4.39 Å². The highest BCUT2D eigenvalue weighted by Gasteiger charge is 2.16. The smallest absolute Gasteiger partial charge is 0.128 e. The van der Waals surface area contributed by atoms with Crippen molar-refractivity contribution < 1.29 is 9.13 Å². The van der Waals surface area contributed by atoms with Gasteiger partial charge in [0.2, 0.25) is 0 Å². The first-order valence-electron chi connectivity index (χ1n) is 6.11. The van der Waals surface area contributed by atoms with Gasteiger partial charge in [-0.2, -0.15) is 0 Å². The maximum absolute atomic E-state index is 13.4. The van der Waals surface area contributed by atoms with Gasteiger partial charge in [-0.1, -0.05) is 29.8 Å². The first kappa shape index (κ1) is 15.6. The Morgan fingerprint density at radius 2 is 2.11 bits per heavy atom. The highest BCUT2D eigenvalue weighted by molar-refractivity contribution is 9.10. The molecule has 0 heterocycles. The van der Waals surface area contributed by atoms with Gasteiger partial charge in [0.1, 0.15) is 5.82 Å². The molecule has 0 aliphatic carbocycles. The molecule has 0 aliphatic heterocycles.